The van der Waals surface area contributed by atoms with Gasteiger partial charge in [0.05, 0.1) is 16.5 Å². The Labute approximate surface area is 213 Å². The normalized spacial score (nSPS) is 28.5. The second-order valence-corrected chi connectivity index (χ2v) is 12.8. The first kappa shape index (κ1) is 23.4. The van der Waals surface area contributed by atoms with Gasteiger partial charge in [-0.2, -0.15) is 0 Å². The minimum absolute atomic E-state index is 0.0213. The van der Waals surface area contributed by atoms with Crippen molar-refractivity contribution < 1.29 is 14.4 Å². The fraction of sp³-hybridized carbons (Fsp3) is 0.516. The zero-order valence-electron chi connectivity index (χ0n) is 21.6. The topological polar surface area (TPSA) is 57.7 Å². The van der Waals surface area contributed by atoms with E-state index >= 15 is 0 Å². The van der Waals surface area contributed by atoms with Gasteiger partial charge in [-0.3, -0.25) is 19.3 Å². The molecule has 2 aromatic rings. The molecule has 5 heteroatoms. The number of rotatable bonds is 5. The molecule has 0 saturated heterocycles. The van der Waals surface area contributed by atoms with Crippen LogP contribution < -0.4 is 4.90 Å². The maximum absolute atomic E-state index is 14.4. The van der Waals surface area contributed by atoms with Crippen LogP contribution in [-0.4, -0.2) is 35.7 Å². The molecule has 1 aliphatic heterocycles. The molecule has 0 N–H and O–H groups in total. The third-order valence-electron chi connectivity index (χ3n) is 9.21. The molecule has 2 aromatic carbocycles. The molecule has 0 unspecified atom stereocenters. The number of imide groups is 1. The number of benzene rings is 2. The standard InChI is InChI=1S/C31H36N2O3/c1-30(2,3)23-8-10-24(11-9-23)32(12-13-33-27(34)25-6-4-5-7-26(25)28(33)35)29(36)31-17-20-14-21(18-31)16-22(15-20)19-31/h4-11,20-22H,12-19H2,1-3H3. The van der Waals surface area contributed by atoms with E-state index in [1.807, 2.05) is 17.0 Å². The summed E-state index contributed by atoms with van der Waals surface area (Å²) in [5.41, 5.74) is 2.72. The molecule has 4 aliphatic carbocycles. The SMILES string of the molecule is CC(C)(C)c1ccc(N(CCN2C(=O)c3ccccc3C2=O)C(=O)C23CC4CC(CC(C4)C2)C3)cc1. The Bertz CT molecular complexity index is 1150. The lowest BCUT2D eigenvalue weighted by atomic mass is 9.49. The number of fused-ring (bicyclic) bond motifs is 1. The maximum Gasteiger partial charge on any atom is 0.261 e. The molecule has 0 aromatic heterocycles. The minimum atomic E-state index is -0.292. The third-order valence-corrected chi connectivity index (χ3v) is 9.21. The predicted molar refractivity (Wildman–Crippen MR) is 140 cm³/mol. The second-order valence-electron chi connectivity index (χ2n) is 12.8. The van der Waals surface area contributed by atoms with E-state index in [9.17, 15) is 14.4 Å². The van der Waals surface area contributed by atoms with Crippen molar-refractivity contribution >= 4 is 23.4 Å². The molecule has 0 radical (unpaired) electrons. The summed E-state index contributed by atoms with van der Waals surface area (Å²) in [5.74, 6) is 1.67. The van der Waals surface area contributed by atoms with Gasteiger partial charge < -0.3 is 4.90 Å². The maximum atomic E-state index is 14.4. The van der Waals surface area contributed by atoms with Crippen molar-refractivity contribution in [2.45, 2.75) is 64.7 Å². The molecule has 4 saturated carbocycles. The van der Waals surface area contributed by atoms with Crippen molar-refractivity contribution in [3.63, 3.8) is 0 Å². The summed E-state index contributed by atoms with van der Waals surface area (Å²) < 4.78 is 0. The molecule has 0 atom stereocenters. The quantitative estimate of drug-likeness (QED) is 0.502. The number of nitrogens with zero attached hydrogens (tertiary/aromatic N) is 2. The Morgan fingerprint density at radius 1 is 0.861 bits per heavy atom. The zero-order valence-corrected chi connectivity index (χ0v) is 21.6. The number of anilines is 1. The summed E-state index contributed by atoms with van der Waals surface area (Å²) >= 11 is 0. The summed E-state index contributed by atoms with van der Waals surface area (Å²) in [6, 6.07) is 15.3. The molecule has 0 spiro atoms. The summed E-state index contributed by atoms with van der Waals surface area (Å²) in [5, 5.41) is 0. The fourth-order valence-corrected chi connectivity index (χ4v) is 7.79. The molecule has 5 aliphatic rings. The number of amides is 3. The summed E-state index contributed by atoms with van der Waals surface area (Å²) in [7, 11) is 0. The van der Waals surface area contributed by atoms with Crippen LogP contribution in [0.5, 0.6) is 0 Å². The predicted octanol–water partition coefficient (Wildman–Crippen LogP) is 5.83. The highest BCUT2D eigenvalue weighted by Crippen LogP contribution is 2.60. The van der Waals surface area contributed by atoms with Crippen molar-refractivity contribution in [3.05, 3.63) is 65.2 Å². The van der Waals surface area contributed by atoms with E-state index in [0.717, 1.165) is 24.9 Å². The van der Waals surface area contributed by atoms with Crippen molar-refractivity contribution in [2.75, 3.05) is 18.0 Å². The molecule has 7 rings (SSSR count). The van der Waals surface area contributed by atoms with Crippen molar-refractivity contribution in [1.29, 1.82) is 0 Å². The van der Waals surface area contributed by atoms with Crippen LogP contribution in [0.3, 0.4) is 0 Å². The fourth-order valence-electron chi connectivity index (χ4n) is 7.79. The van der Waals surface area contributed by atoms with Gasteiger partial charge in [0, 0.05) is 18.8 Å². The molecule has 3 amide bonds. The Morgan fingerprint density at radius 3 is 1.83 bits per heavy atom. The van der Waals surface area contributed by atoms with E-state index in [0.29, 0.717) is 35.4 Å². The van der Waals surface area contributed by atoms with Gasteiger partial charge in [0.25, 0.3) is 11.8 Å². The van der Waals surface area contributed by atoms with Gasteiger partial charge in [0.2, 0.25) is 5.91 Å². The van der Waals surface area contributed by atoms with E-state index in [-0.39, 0.29) is 35.1 Å². The molecule has 4 fully saturated rings. The summed E-state index contributed by atoms with van der Waals surface area (Å²) in [4.78, 5) is 43.6. The summed E-state index contributed by atoms with van der Waals surface area (Å²) in [6.07, 6.45) is 6.80. The number of carbonyl (C=O) groups excluding carboxylic acids is 3. The van der Waals surface area contributed by atoms with Crippen molar-refractivity contribution in [2.24, 2.45) is 23.2 Å². The first-order valence-corrected chi connectivity index (χ1v) is 13.5. The lowest BCUT2D eigenvalue weighted by Gasteiger charge is -2.56. The first-order chi connectivity index (χ1) is 17.1. The Balaban J connectivity index is 1.30. The lowest BCUT2D eigenvalue weighted by Crippen LogP contribution is -2.55. The van der Waals surface area contributed by atoms with Crippen LogP contribution in [0.4, 0.5) is 5.69 Å². The van der Waals surface area contributed by atoms with Crippen LogP contribution in [0.25, 0.3) is 0 Å². The van der Waals surface area contributed by atoms with E-state index in [1.54, 1.807) is 24.3 Å². The van der Waals surface area contributed by atoms with Gasteiger partial charge in [0.1, 0.15) is 0 Å². The lowest BCUT2D eigenvalue weighted by molar-refractivity contribution is -0.143. The smallest absolute Gasteiger partial charge is 0.261 e. The molecule has 1 heterocycles. The van der Waals surface area contributed by atoms with Gasteiger partial charge in [0.15, 0.2) is 0 Å². The van der Waals surface area contributed by atoms with Crippen LogP contribution in [0.2, 0.25) is 0 Å². The Morgan fingerprint density at radius 2 is 1.36 bits per heavy atom. The highest BCUT2D eigenvalue weighted by Gasteiger charge is 2.55. The molecule has 5 nitrogen and oxygen atoms in total. The van der Waals surface area contributed by atoms with E-state index in [4.69, 9.17) is 0 Å². The van der Waals surface area contributed by atoms with Gasteiger partial charge in [-0.1, -0.05) is 45.0 Å². The van der Waals surface area contributed by atoms with Crippen LogP contribution >= 0.6 is 0 Å². The largest absolute Gasteiger partial charge is 0.310 e. The van der Waals surface area contributed by atoms with Gasteiger partial charge >= 0.3 is 0 Å². The van der Waals surface area contributed by atoms with Crippen LogP contribution in [-0.2, 0) is 10.2 Å². The van der Waals surface area contributed by atoms with E-state index < -0.39 is 0 Å². The zero-order chi connectivity index (χ0) is 25.2. The van der Waals surface area contributed by atoms with Crippen LogP contribution in [0, 0.1) is 23.2 Å². The monoisotopic (exact) mass is 484 g/mol. The minimum Gasteiger partial charge on any atom is -0.310 e. The Kier molecular flexibility index (Phi) is 5.40. The van der Waals surface area contributed by atoms with Crippen molar-refractivity contribution in [3.8, 4) is 0 Å². The number of carbonyl (C=O) groups is 3. The molecular formula is C31H36N2O3. The average molecular weight is 485 g/mol. The van der Waals surface area contributed by atoms with Crippen LogP contribution in [0.15, 0.2) is 48.5 Å². The van der Waals surface area contributed by atoms with Gasteiger partial charge in [-0.25, -0.2) is 0 Å². The van der Waals surface area contributed by atoms with Gasteiger partial charge in [-0.05, 0) is 91.5 Å². The molecule has 4 bridgehead atoms. The van der Waals surface area contributed by atoms with E-state index in [1.165, 1.54) is 29.7 Å². The Hall–Kier alpha value is -2.95. The highest BCUT2D eigenvalue weighted by molar-refractivity contribution is 6.21. The van der Waals surface area contributed by atoms with Gasteiger partial charge in [-0.15, -0.1) is 0 Å². The molecular weight excluding hydrogens is 448 g/mol. The van der Waals surface area contributed by atoms with Crippen molar-refractivity contribution in [1.82, 2.24) is 4.90 Å². The molecule has 188 valence electrons. The highest BCUT2D eigenvalue weighted by atomic mass is 16.2. The van der Waals surface area contributed by atoms with E-state index in [2.05, 4.69) is 32.9 Å². The summed E-state index contributed by atoms with van der Waals surface area (Å²) in [6.45, 7) is 7.07. The number of hydrogen-bond donors (Lipinski definition) is 0. The third kappa shape index (κ3) is 3.79. The molecule has 36 heavy (non-hydrogen) atoms. The number of hydrogen-bond acceptors (Lipinski definition) is 3. The first-order valence-electron chi connectivity index (χ1n) is 13.5. The second kappa shape index (κ2) is 8.29. The van der Waals surface area contributed by atoms with Crippen LogP contribution in [0.1, 0.15) is 85.6 Å². The average Bonchev–Trinajstić information content (AvgIpc) is 3.08.